The highest BCUT2D eigenvalue weighted by Crippen LogP contribution is 1.75. The molecule has 0 saturated carbocycles. The summed E-state index contributed by atoms with van der Waals surface area (Å²) in [6.45, 7) is -0.320. The maximum absolute atomic E-state index is 10.1. The fraction of sp³-hybridized carbons (Fsp3) is 0.200. The minimum atomic E-state index is -1.51. The largest absolute Gasteiger partial charge is 0.475 e. The van der Waals surface area contributed by atoms with Crippen LogP contribution in [0.4, 0.5) is 0 Å². The van der Waals surface area contributed by atoms with Gasteiger partial charge in [-0.25, -0.2) is 4.79 Å². The number of rotatable bonds is 3. The molecule has 0 rings (SSSR count). The van der Waals surface area contributed by atoms with E-state index in [4.69, 9.17) is 10.2 Å². The van der Waals surface area contributed by atoms with E-state index in [1.165, 1.54) is 0 Å². The minimum Gasteiger partial charge on any atom is -0.475 e. The van der Waals surface area contributed by atoms with Crippen LogP contribution in [0.1, 0.15) is 0 Å². The van der Waals surface area contributed by atoms with Crippen molar-refractivity contribution in [3.8, 4) is 0 Å². The normalized spacial score (nSPS) is 9.89. The molecule has 4 heteroatoms. The van der Waals surface area contributed by atoms with Gasteiger partial charge >= 0.3 is 5.97 Å². The van der Waals surface area contributed by atoms with Crippen molar-refractivity contribution in [2.24, 2.45) is 0 Å². The molecule has 0 saturated heterocycles. The number of aliphatic hydroxyl groups excluding tert-OH is 1. The lowest BCUT2D eigenvalue weighted by Crippen LogP contribution is -2.08. The molecule has 2 N–H and O–H groups in total. The maximum atomic E-state index is 10.1. The van der Waals surface area contributed by atoms with Crippen molar-refractivity contribution < 1.29 is 19.8 Å². The van der Waals surface area contributed by atoms with E-state index in [0.29, 0.717) is 0 Å². The molecular formula is C5H6O4. The number of carboxylic acid groups (broad SMARTS) is 1. The average Bonchev–Trinajstić information content (AvgIpc) is 1.82. The molecule has 0 aliphatic heterocycles. The van der Waals surface area contributed by atoms with Crippen molar-refractivity contribution in [3.05, 3.63) is 12.2 Å². The third-order valence-electron chi connectivity index (χ3n) is 0.585. The number of ketones is 1. The fourth-order valence-corrected chi connectivity index (χ4v) is 0.231. The van der Waals surface area contributed by atoms with Gasteiger partial charge in [-0.15, -0.1) is 0 Å². The van der Waals surface area contributed by atoms with E-state index in [9.17, 15) is 9.59 Å². The minimum absolute atomic E-state index is 0.320. The highest BCUT2D eigenvalue weighted by atomic mass is 16.4. The summed E-state index contributed by atoms with van der Waals surface area (Å²) in [6.07, 6.45) is 1.87. The second kappa shape index (κ2) is 3.80. The molecule has 0 radical (unpaired) electrons. The fourth-order valence-electron chi connectivity index (χ4n) is 0.231. The Morgan fingerprint density at radius 1 is 1.44 bits per heavy atom. The first kappa shape index (κ1) is 7.84. The number of carboxylic acids is 1. The summed E-state index contributed by atoms with van der Waals surface area (Å²) in [7, 11) is 0. The molecule has 0 aromatic carbocycles. The Kier molecular flexibility index (Phi) is 3.31. The van der Waals surface area contributed by atoms with E-state index >= 15 is 0 Å². The summed E-state index contributed by atoms with van der Waals surface area (Å²) >= 11 is 0. The summed E-state index contributed by atoms with van der Waals surface area (Å²) in [5.41, 5.74) is 0. The van der Waals surface area contributed by atoms with Crippen LogP contribution in [0.2, 0.25) is 0 Å². The van der Waals surface area contributed by atoms with Crippen molar-refractivity contribution in [2.45, 2.75) is 0 Å². The third-order valence-corrected chi connectivity index (χ3v) is 0.585. The Hall–Kier alpha value is -1.16. The Morgan fingerprint density at radius 2 is 2.00 bits per heavy atom. The number of hydrogen-bond donors (Lipinski definition) is 2. The molecule has 0 fully saturated rings. The molecule has 0 aromatic rings. The number of aliphatic hydroxyl groups is 1. The maximum Gasteiger partial charge on any atom is 0.376 e. The van der Waals surface area contributed by atoms with E-state index in [1.54, 1.807) is 0 Å². The highest BCUT2D eigenvalue weighted by Gasteiger charge is 2.04. The summed E-state index contributed by atoms with van der Waals surface area (Å²) in [5, 5.41) is 16.0. The molecule has 0 amide bonds. The monoisotopic (exact) mass is 130 g/mol. The van der Waals surface area contributed by atoms with E-state index < -0.39 is 11.8 Å². The van der Waals surface area contributed by atoms with Crippen LogP contribution in [0.15, 0.2) is 12.2 Å². The van der Waals surface area contributed by atoms with Gasteiger partial charge < -0.3 is 10.2 Å². The number of carbonyl (C=O) groups is 2. The molecule has 0 atom stereocenters. The van der Waals surface area contributed by atoms with Crippen molar-refractivity contribution >= 4 is 11.8 Å². The zero-order valence-electron chi connectivity index (χ0n) is 4.57. The van der Waals surface area contributed by atoms with Crippen LogP contribution in [0.25, 0.3) is 0 Å². The smallest absolute Gasteiger partial charge is 0.376 e. The van der Waals surface area contributed by atoms with Crippen LogP contribution in [0.3, 0.4) is 0 Å². The first-order chi connectivity index (χ1) is 4.18. The van der Waals surface area contributed by atoms with E-state index in [2.05, 4.69) is 0 Å². The van der Waals surface area contributed by atoms with Crippen LogP contribution in [-0.2, 0) is 9.59 Å². The first-order valence-electron chi connectivity index (χ1n) is 2.23. The highest BCUT2D eigenvalue weighted by molar-refractivity contribution is 6.37. The summed E-state index contributed by atoms with van der Waals surface area (Å²) in [4.78, 5) is 19.8. The van der Waals surface area contributed by atoms with Gasteiger partial charge in [0.2, 0.25) is 0 Å². The lowest BCUT2D eigenvalue weighted by Gasteiger charge is -1.80. The molecule has 0 spiro atoms. The molecule has 0 bridgehead atoms. The Balaban J connectivity index is 3.77. The van der Waals surface area contributed by atoms with Crippen LogP contribution in [0, 0.1) is 0 Å². The number of carbonyl (C=O) groups excluding carboxylic acids is 1. The van der Waals surface area contributed by atoms with Gasteiger partial charge in [-0.3, -0.25) is 4.79 Å². The third kappa shape index (κ3) is 3.42. The quantitative estimate of drug-likeness (QED) is 0.387. The molecule has 0 aliphatic rings. The first-order valence-corrected chi connectivity index (χ1v) is 2.23. The van der Waals surface area contributed by atoms with E-state index in [1.807, 2.05) is 0 Å². The molecule has 9 heavy (non-hydrogen) atoms. The van der Waals surface area contributed by atoms with Gasteiger partial charge in [-0.05, 0) is 6.08 Å². The second-order valence-corrected chi connectivity index (χ2v) is 1.25. The van der Waals surface area contributed by atoms with Gasteiger partial charge in [0.15, 0.2) is 0 Å². The van der Waals surface area contributed by atoms with E-state index in [-0.39, 0.29) is 6.61 Å². The SMILES string of the molecule is O=C(O)C(=O)C=CCO. The second-order valence-electron chi connectivity index (χ2n) is 1.25. The molecular weight excluding hydrogens is 124 g/mol. The Bertz CT molecular complexity index is 147. The molecule has 0 heterocycles. The summed E-state index contributed by atoms with van der Waals surface area (Å²) in [5.74, 6) is -2.54. The number of aliphatic carboxylic acids is 1. The van der Waals surface area contributed by atoms with Crippen molar-refractivity contribution in [2.75, 3.05) is 6.61 Å². The van der Waals surface area contributed by atoms with Gasteiger partial charge in [-0.2, -0.15) is 0 Å². The zero-order chi connectivity index (χ0) is 7.28. The predicted molar refractivity (Wildman–Crippen MR) is 28.9 cm³/mol. The van der Waals surface area contributed by atoms with E-state index in [0.717, 1.165) is 12.2 Å². The Morgan fingerprint density at radius 3 is 2.33 bits per heavy atom. The zero-order valence-corrected chi connectivity index (χ0v) is 4.57. The topological polar surface area (TPSA) is 74.6 Å². The number of hydrogen-bond acceptors (Lipinski definition) is 3. The Labute approximate surface area is 51.4 Å². The summed E-state index contributed by atoms with van der Waals surface area (Å²) < 4.78 is 0. The van der Waals surface area contributed by atoms with Gasteiger partial charge in [0, 0.05) is 0 Å². The van der Waals surface area contributed by atoms with Gasteiger partial charge in [-0.1, -0.05) is 6.08 Å². The molecule has 50 valence electrons. The lowest BCUT2D eigenvalue weighted by molar-refractivity contribution is -0.146. The lowest BCUT2D eigenvalue weighted by atomic mass is 10.3. The standard InChI is InChI=1S/C5H6O4/c6-3-1-2-4(7)5(8)9/h1-2,6H,3H2,(H,8,9). The summed E-state index contributed by atoms with van der Waals surface area (Å²) in [6, 6.07) is 0. The van der Waals surface area contributed by atoms with Crippen LogP contribution >= 0.6 is 0 Å². The van der Waals surface area contributed by atoms with Gasteiger partial charge in [0.25, 0.3) is 5.78 Å². The molecule has 0 aliphatic carbocycles. The van der Waals surface area contributed by atoms with Gasteiger partial charge in [0.05, 0.1) is 6.61 Å². The van der Waals surface area contributed by atoms with Crippen LogP contribution < -0.4 is 0 Å². The van der Waals surface area contributed by atoms with Crippen LogP contribution in [-0.4, -0.2) is 28.6 Å². The van der Waals surface area contributed by atoms with Crippen molar-refractivity contribution in [3.63, 3.8) is 0 Å². The predicted octanol–water partition coefficient (Wildman–Crippen LogP) is -0.811. The van der Waals surface area contributed by atoms with Crippen molar-refractivity contribution in [1.29, 1.82) is 0 Å². The van der Waals surface area contributed by atoms with Crippen molar-refractivity contribution in [1.82, 2.24) is 0 Å². The average molecular weight is 130 g/mol. The molecule has 0 unspecified atom stereocenters. The molecule has 4 nitrogen and oxygen atoms in total. The van der Waals surface area contributed by atoms with Crippen LogP contribution in [0.5, 0.6) is 0 Å². The van der Waals surface area contributed by atoms with Gasteiger partial charge in [0.1, 0.15) is 0 Å². The molecule has 0 aromatic heterocycles.